The first-order valence-corrected chi connectivity index (χ1v) is 7.78. The fourth-order valence-corrected chi connectivity index (χ4v) is 3.29. The van der Waals surface area contributed by atoms with E-state index in [0.29, 0.717) is 11.2 Å². The molecule has 0 aliphatic carbocycles. The quantitative estimate of drug-likeness (QED) is 0.940. The van der Waals surface area contributed by atoms with Crippen LogP contribution in [-0.4, -0.2) is 41.5 Å². The van der Waals surface area contributed by atoms with E-state index in [1.54, 1.807) is 0 Å². The zero-order chi connectivity index (χ0) is 13.9. The van der Waals surface area contributed by atoms with Gasteiger partial charge in [-0.2, -0.15) is 0 Å². The molecule has 1 aromatic heterocycles. The molecule has 0 amide bonds. The van der Waals surface area contributed by atoms with Crippen LogP contribution >= 0.6 is 11.3 Å². The molecule has 4 nitrogen and oxygen atoms in total. The van der Waals surface area contributed by atoms with Gasteiger partial charge in [0.2, 0.25) is 0 Å². The van der Waals surface area contributed by atoms with E-state index in [9.17, 15) is 0 Å². The first kappa shape index (κ1) is 13.5. The number of thiazole rings is 1. The zero-order valence-electron chi connectivity index (χ0n) is 11.7. The number of nitrogens with two attached hydrogens (primary N) is 1. The third-order valence-electron chi connectivity index (χ3n) is 3.81. The molecule has 3 rings (SSSR count). The van der Waals surface area contributed by atoms with E-state index in [1.165, 1.54) is 16.9 Å². The summed E-state index contributed by atoms with van der Waals surface area (Å²) in [5, 5.41) is 2.72. The Morgan fingerprint density at radius 2 is 2.10 bits per heavy atom. The molecule has 1 unspecified atom stereocenters. The van der Waals surface area contributed by atoms with Gasteiger partial charge in [-0.15, -0.1) is 11.3 Å². The Bertz CT molecular complexity index is 554. The summed E-state index contributed by atoms with van der Waals surface area (Å²) >= 11 is 1.52. The molecule has 1 atom stereocenters. The van der Waals surface area contributed by atoms with Gasteiger partial charge in [-0.25, -0.2) is 4.98 Å². The molecule has 106 valence electrons. The minimum atomic E-state index is 0.429. The second-order valence-electron chi connectivity index (χ2n) is 5.34. The van der Waals surface area contributed by atoms with Crippen LogP contribution < -0.4 is 5.73 Å². The van der Waals surface area contributed by atoms with E-state index in [4.69, 9.17) is 5.73 Å². The fraction of sp³-hybridized carbons (Fsp3) is 0.400. The van der Waals surface area contributed by atoms with Crippen molar-refractivity contribution in [3.05, 3.63) is 47.0 Å². The molecule has 5 heteroatoms. The zero-order valence-corrected chi connectivity index (χ0v) is 12.5. The van der Waals surface area contributed by atoms with Crippen LogP contribution in [0.15, 0.2) is 35.7 Å². The van der Waals surface area contributed by atoms with Crippen molar-refractivity contribution in [1.82, 2.24) is 14.8 Å². The van der Waals surface area contributed by atoms with Crippen LogP contribution in [0.3, 0.4) is 0 Å². The molecule has 0 bridgehead atoms. The molecule has 1 saturated heterocycles. The Morgan fingerprint density at radius 1 is 1.30 bits per heavy atom. The summed E-state index contributed by atoms with van der Waals surface area (Å²) in [5.41, 5.74) is 8.19. The van der Waals surface area contributed by atoms with E-state index >= 15 is 0 Å². The smallest absolute Gasteiger partial charge is 0.180 e. The monoisotopic (exact) mass is 288 g/mol. The number of piperazine rings is 1. The third-order valence-corrected chi connectivity index (χ3v) is 4.54. The fourth-order valence-electron chi connectivity index (χ4n) is 2.74. The van der Waals surface area contributed by atoms with E-state index in [-0.39, 0.29) is 0 Å². The molecule has 0 saturated carbocycles. The number of nitrogens with zero attached hydrogens (tertiary/aromatic N) is 3. The molecule has 2 heterocycles. The third kappa shape index (κ3) is 3.00. The van der Waals surface area contributed by atoms with Gasteiger partial charge in [0, 0.05) is 37.6 Å². The predicted octanol–water partition coefficient (Wildman–Crippen LogP) is 2.21. The van der Waals surface area contributed by atoms with Crippen molar-refractivity contribution in [1.29, 1.82) is 0 Å². The Kier molecular flexibility index (Phi) is 4.00. The van der Waals surface area contributed by atoms with Crippen molar-refractivity contribution in [2.75, 3.05) is 32.4 Å². The van der Waals surface area contributed by atoms with Crippen LogP contribution in [0.4, 0.5) is 5.13 Å². The van der Waals surface area contributed by atoms with Crippen molar-refractivity contribution in [2.45, 2.75) is 12.6 Å². The Labute approximate surface area is 123 Å². The highest BCUT2D eigenvalue weighted by Gasteiger charge is 2.26. The lowest BCUT2D eigenvalue weighted by atomic mass is 10.0. The van der Waals surface area contributed by atoms with Gasteiger partial charge in [-0.05, 0) is 12.6 Å². The Balaban J connectivity index is 1.80. The predicted molar refractivity (Wildman–Crippen MR) is 83.6 cm³/mol. The summed E-state index contributed by atoms with van der Waals surface area (Å²) in [6.07, 6.45) is 0. The van der Waals surface area contributed by atoms with Gasteiger partial charge in [-0.3, -0.25) is 4.90 Å². The number of rotatable bonds is 3. The molecule has 1 fully saturated rings. The average molecular weight is 288 g/mol. The SMILES string of the molecule is CN1CCN(Cc2csc(N)n2)C(c2ccccc2)C1. The molecule has 1 aliphatic rings. The molecule has 0 radical (unpaired) electrons. The van der Waals surface area contributed by atoms with Crippen molar-refractivity contribution in [2.24, 2.45) is 0 Å². The molecule has 2 N–H and O–H groups in total. The molecular formula is C15H20N4S. The van der Waals surface area contributed by atoms with Crippen LogP contribution in [0, 0.1) is 0 Å². The second-order valence-corrected chi connectivity index (χ2v) is 6.23. The van der Waals surface area contributed by atoms with Gasteiger partial charge >= 0.3 is 0 Å². The van der Waals surface area contributed by atoms with Crippen LogP contribution in [0.25, 0.3) is 0 Å². The Morgan fingerprint density at radius 3 is 2.80 bits per heavy atom. The molecule has 1 aromatic carbocycles. The molecule has 2 aromatic rings. The molecule has 20 heavy (non-hydrogen) atoms. The lowest BCUT2D eigenvalue weighted by molar-refractivity contribution is 0.0825. The van der Waals surface area contributed by atoms with E-state index in [1.807, 2.05) is 0 Å². The van der Waals surface area contributed by atoms with Crippen molar-refractivity contribution < 1.29 is 0 Å². The first-order chi connectivity index (χ1) is 9.72. The number of aromatic nitrogens is 1. The number of benzene rings is 1. The van der Waals surface area contributed by atoms with E-state index in [0.717, 1.165) is 31.9 Å². The van der Waals surface area contributed by atoms with Gasteiger partial charge in [0.1, 0.15) is 0 Å². The number of hydrogen-bond donors (Lipinski definition) is 1. The largest absolute Gasteiger partial charge is 0.375 e. The maximum absolute atomic E-state index is 5.73. The summed E-state index contributed by atoms with van der Waals surface area (Å²) in [7, 11) is 2.19. The van der Waals surface area contributed by atoms with Crippen molar-refractivity contribution >= 4 is 16.5 Å². The highest BCUT2D eigenvalue weighted by molar-refractivity contribution is 7.13. The van der Waals surface area contributed by atoms with E-state index < -0.39 is 0 Å². The van der Waals surface area contributed by atoms with Gasteiger partial charge in [0.05, 0.1) is 5.69 Å². The van der Waals surface area contributed by atoms with Crippen LogP contribution in [-0.2, 0) is 6.54 Å². The number of anilines is 1. The summed E-state index contributed by atoms with van der Waals surface area (Å²) in [6, 6.07) is 11.2. The van der Waals surface area contributed by atoms with Gasteiger partial charge in [0.25, 0.3) is 0 Å². The summed E-state index contributed by atoms with van der Waals surface area (Å²) in [6.45, 7) is 4.10. The molecular weight excluding hydrogens is 268 g/mol. The van der Waals surface area contributed by atoms with E-state index in [2.05, 4.69) is 57.5 Å². The van der Waals surface area contributed by atoms with Crippen LogP contribution in [0.1, 0.15) is 17.3 Å². The normalized spacial score (nSPS) is 21.1. The summed E-state index contributed by atoms with van der Waals surface area (Å²) in [4.78, 5) is 9.29. The molecule has 1 aliphatic heterocycles. The maximum Gasteiger partial charge on any atom is 0.180 e. The first-order valence-electron chi connectivity index (χ1n) is 6.90. The number of nitrogen functional groups attached to an aromatic ring is 1. The van der Waals surface area contributed by atoms with Crippen LogP contribution in [0.2, 0.25) is 0 Å². The summed E-state index contributed by atoms with van der Waals surface area (Å²) < 4.78 is 0. The topological polar surface area (TPSA) is 45.4 Å². The van der Waals surface area contributed by atoms with Gasteiger partial charge in [0.15, 0.2) is 5.13 Å². The van der Waals surface area contributed by atoms with Gasteiger partial charge < -0.3 is 10.6 Å². The number of likely N-dealkylation sites (N-methyl/N-ethyl adjacent to an activating group) is 1. The highest BCUT2D eigenvalue weighted by atomic mass is 32.1. The average Bonchev–Trinajstić information content (AvgIpc) is 2.87. The lowest BCUT2D eigenvalue weighted by Gasteiger charge is -2.40. The molecule has 0 spiro atoms. The van der Waals surface area contributed by atoms with Crippen molar-refractivity contribution in [3.8, 4) is 0 Å². The lowest BCUT2D eigenvalue weighted by Crippen LogP contribution is -2.46. The standard InChI is InChI=1S/C15H20N4S/c1-18-7-8-19(9-13-11-20-15(16)17-13)14(10-18)12-5-3-2-4-6-12/h2-6,11,14H,7-10H2,1H3,(H2,16,17). The summed E-state index contributed by atoms with van der Waals surface area (Å²) in [5.74, 6) is 0. The maximum atomic E-state index is 5.73. The minimum absolute atomic E-state index is 0.429. The van der Waals surface area contributed by atoms with Crippen LogP contribution in [0.5, 0.6) is 0 Å². The number of hydrogen-bond acceptors (Lipinski definition) is 5. The highest BCUT2D eigenvalue weighted by Crippen LogP contribution is 2.27. The second kappa shape index (κ2) is 5.91. The Hall–Kier alpha value is -1.43. The minimum Gasteiger partial charge on any atom is -0.375 e. The van der Waals surface area contributed by atoms with Gasteiger partial charge in [-0.1, -0.05) is 30.3 Å². The van der Waals surface area contributed by atoms with Crippen molar-refractivity contribution in [3.63, 3.8) is 0 Å².